The molecule has 1 fully saturated rings. The maximum Gasteiger partial charge on any atom is 0.234 e. The molecule has 0 aromatic heterocycles. The molecular formula is C28H33N3O4. The van der Waals surface area contributed by atoms with Gasteiger partial charge in [0.2, 0.25) is 5.91 Å². The highest BCUT2D eigenvalue weighted by molar-refractivity contribution is 5.78. The van der Waals surface area contributed by atoms with Crippen LogP contribution in [-0.2, 0) is 11.3 Å². The van der Waals surface area contributed by atoms with E-state index >= 15 is 0 Å². The van der Waals surface area contributed by atoms with Crippen molar-refractivity contribution in [3.05, 3.63) is 90.5 Å². The van der Waals surface area contributed by atoms with Crippen LogP contribution in [0.1, 0.15) is 5.56 Å². The van der Waals surface area contributed by atoms with Crippen molar-refractivity contribution in [3.8, 4) is 17.2 Å². The fourth-order valence-electron chi connectivity index (χ4n) is 3.96. The van der Waals surface area contributed by atoms with Gasteiger partial charge in [0.15, 0.2) is 0 Å². The molecule has 1 saturated heterocycles. The molecule has 1 amide bonds. The number of nitrogens with one attached hydrogen (secondary N) is 1. The molecule has 3 aromatic carbocycles. The molecule has 7 nitrogen and oxygen atoms in total. The molecule has 1 aliphatic rings. The summed E-state index contributed by atoms with van der Waals surface area (Å²) >= 11 is 0. The number of nitrogens with zero attached hydrogens (tertiary/aromatic N) is 2. The molecule has 0 saturated carbocycles. The SMILES string of the molecule is O=C(CN1CCN(CC(O)COc2ccc(Oc3ccccc3)cc2)CC1)NCc1ccccc1. The van der Waals surface area contributed by atoms with Gasteiger partial charge in [-0.15, -0.1) is 0 Å². The van der Waals surface area contributed by atoms with E-state index in [2.05, 4.69) is 15.1 Å². The van der Waals surface area contributed by atoms with Crippen LogP contribution in [0, 0.1) is 0 Å². The van der Waals surface area contributed by atoms with Crippen molar-refractivity contribution in [2.45, 2.75) is 12.6 Å². The first kappa shape index (κ1) is 24.7. The highest BCUT2D eigenvalue weighted by Gasteiger charge is 2.21. The fourth-order valence-corrected chi connectivity index (χ4v) is 3.96. The first-order valence-corrected chi connectivity index (χ1v) is 12.0. The van der Waals surface area contributed by atoms with E-state index in [9.17, 15) is 9.90 Å². The number of para-hydroxylation sites is 1. The van der Waals surface area contributed by atoms with Crippen molar-refractivity contribution >= 4 is 5.91 Å². The van der Waals surface area contributed by atoms with Crippen LogP contribution >= 0.6 is 0 Å². The van der Waals surface area contributed by atoms with E-state index in [1.807, 2.05) is 84.9 Å². The van der Waals surface area contributed by atoms with Crippen LogP contribution < -0.4 is 14.8 Å². The van der Waals surface area contributed by atoms with Gasteiger partial charge < -0.3 is 19.9 Å². The van der Waals surface area contributed by atoms with Crippen molar-refractivity contribution in [1.29, 1.82) is 0 Å². The Balaban J connectivity index is 1.10. The molecule has 3 aromatic rings. The van der Waals surface area contributed by atoms with Crippen LogP contribution in [0.25, 0.3) is 0 Å². The van der Waals surface area contributed by atoms with Gasteiger partial charge in [-0.3, -0.25) is 14.6 Å². The summed E-state index contributed by atoms with van der Waals surface area (Å²) in [4.78, 5) is 16.6. The Hall–Kier alpha value is -3.39. The molecule has 1 atom stereocenters. The van der Waals surface area contributed by atoms with Gasteiger partial charge in [-0.2, -0.15) is 0 Å². The lowest BCUT2D eigenvalue weighted by atomic mass is 10.2. The van der Waals surface area contributed by atoms with Crippen LogP contribution in [-0.4, -0.2) is 72.8 Å². The molecule has 0 spiro atoms. The standard InChI is InChI=1S/C28H33N3O4/c32-24(22-34-25-11-13-27(14-12-25)35-26-9-5-2-6-10-26)20-30-15-17-31(18-16-30)21-28(33)29-19-23-7-3-1-4-8-23/h1-14,24,32H,15-22H2,(H,29,33). The number of amides is 1. The number of carbonyl (C=O) groups is 1. The van der Waals surface area contributed by atoms with E-state index in [-0.39, 0.29) is 12.5 Å². The van der Waals surface area contributed by atoms with E-state index in [0.29, 0.717) is 25.4 Å². The quantitative estimate of drug-likeness (QED) is 0.444. The number of β-amino-alcohol motifs (C(OH)–C–C–N with tert-alkyl or cyclic N) is 1. The molecule has 1 aliphatic heterocycles. The van der Waals surface area contributed by atoms with E-state index in [0.717, 1.165) is 43.2 Å². The molecule has 0 aliphatic carbocycles. The van der Waals surface area contributed by atoms with Crippen molar-refractivity contribution < 1.29 is 19.4 Å². The van der Waals surface area contributed by atoms with Gasteiger partial charge in [-0.25, -0.2) is 0 Å². The number of hydrogen-bond donors (Lipinski definition) is 2. The van der Waals surface area contributed by atoms with Crippen molar-refractivity contribution in [2.75, 3.05) is 45.9 Å². The fraction of sp³-hybridized carbons (Fsp3) is 0.321. The first-order chi connectivity index (χ1) is 17.1. The van der Waals surface area contributed by atoms with Gasteiger partial charge in [0.25, 0.3) is 0 Å². The zero-order valence-corrected chi connectivity index (χ0v) is 19.9. The van der Waals surface area contributed by atoms with Crippen LogP contribution in [0.2, 0.25) is 0 Å². The zero-order chi connectivity index (χ0) is 24.3. The molecule has 2 N–H and O–H groups in total. The predicted octanol–water partition coefficient (Wildman–Crippen LogP) is 3.15. The summed E-state index contributed by atoms with van der Waals surface area (Å²) in [6.45, 7) is 4.95. The topological polar surface area (TPSA) is 74.3 Å². The van der Waals surface area contributed by atoms with Gasteiger partial charge in [0.05, 0.1) is 6.54 Å². The molecule has 4 rings (SSSR count). The molecule has 35 heavy (non-hydrogen) atoms. The lowest BCUT2D eigenvalue weighted by molar-refractivity contribution is -0.122. The second-order valence-electron chi connectivity index (χ2n) is 8.69. The largest absolute Gasteiger partial charge is 0.491 e. The molecular weight excluding hydrogens is 442 g/mol. The third-order valence-corrected chi connectivity index (χ3v) is 5.88. The monoisotopic (exact) mass is 475 g/mol. The molecule has 0 radical (unpaired) electrons. The Morgan fingerprint density at radius 1 is 0.800 bits per heavy atom. The highest BCUT2D eigenvalue weighted by Crippen LogP contribution is 2.23. The Morgan fingerprint density at radius 3 is 2.06 bits per heavy atom. The third-order valence-electron chi connectivity index (χ3n) is 5.88. The summed E-state index contributed by atoms with van der Waals surface area (Å²) in [5, 5.41) is 13.4. The summed E-state index contributed by atoms with van der Waals surface area (Å²) in [7, 11) is 0. The Labute approximate surface area is 206 Å². The first-order valence-electron chi connectivity index (χ1n) is 12.0. The summed E-state index contributed by atoms with van der Waals surface area (Å²) in [5.41, 5.74) is 1.10. The maximum atomic E-state index is 12.2. The minimum absolute atomic E-state index is 0.0379. The number of rotatable bonds is 11. The number of carbonyl (C=O) groups excluding carboxylic acids is 1. The zero-order valence-electron chi connectivity index (χ0n) is 19.9. The van der Waals surface area contributed by atoms with Gasteiger partial charge in [-0.1, -0.05) is 48.5 Å². The number of hydrogen-bond acceptors (Lipinski definition) is 6. The number of aliphatic hydroxyl groups excluding tert-OH is 1. The minimum Gasteiger partial charge on any atom is -0.491 e. The number of benzene rings is 3. The van der Waals surface area contributed by atoms with E-state index in [4.69, 9.17) is 9.47 Å². The second-order valence-corrected chi connectivity index (χ2v) is 8.69. The van der Waals surface area contributed by atoms with Crippen LogP contribution in [0.3, 0.4) is 0 Å². The van der Waals surface area contributed by atoms with Gasteiger partial charge in [0, 0.05) is 39.3 Å². The lowest BCUT2D eigenvalue weighted by Crippen LogP contribution is -2.51. The summed E-state index contributed by atoms with van der Waals surface area (Å²) in [5.74, 6) is 2.24. The highest BCUT2D eigenvalue weighted by atomic mass is 16.5. The lowest BCUT2D eigenvalue weighted by Gasteiger charge is -2.35. The van der Waals surface area contributed by atoms with Gasteiger partial charge in [0.1, 0.15) is 30.0 Å². The Bertz CT molecular complexity index is 1020. The van der Waals surface area contributed by atoms with E-state index in [1.54, 1.807) is 0 Å². The van der Waals surface area contributed by atoms with E-state index < -0.39 is 6.10 Å². The van der Waals surface area contributed by atoms with Gasteiger partial charge in [-0.05, 0) is 42.0 Å². The third kappa shape index (κ3) is 8.40. The smallest absolute Gasteiger partial charge is 0.234 e. The molecule has 7 heteroatoms. The van der Waals surface area contributed by atoms with Crippen molar-refractivity contribution in [3.63, 3.8) is 0 Å². The number of aliphatic hydroxyl groups is 1. The average molecular weight is 476 g/mol. The number of piperazine rings is 1. The van der Waals surface area contributed by atoms with Crippen molar-refractivity contribution in [1.82, 2.24) is 15.1 Å². The van der Waals surface area contributed by atoms with E-state index in [1.165, 1.54) is 0 Å². The molecule has 0 bridgehead atoms. The van der Waals surface area contributed by atoms with Crippen LogP contribution in [0.4, 0.5) is 0 Å². The molecule has 1 heterocycles. The summed E-state index contributed by atoms with van der Waals surface area (Å²) < 4.78 is 11.5. The normalized spacial score (nSPS) is 15.3. The Morgan fingerprint density at radius 2 is 1.37 bits per heavy atom. The Kier molecular flexibility index (Phi) is 9.11. The number of ether oxygens (including phenoxy) is 2. The summed E-state index contributed by atoms with van der Waals surface area (Å²) in [6, 6.07) is 26.9. The average Bonchev–Trinajstić information content (AvgIpc) is 2.89. The minimum atomic E-state index is -0.587. The van der Waals surface area contributed by atoms with Gasteiger partial charge >= 0.3 is 0 Å². The molecule has 184 valence electrons. The summed E-state index contributed by atoms with van der Waals surface area (Å²) in [6.07, 6.45) is -0.587. The van der Waals surface area contributed by atoms with Crippen LogP contribution in [0.5, 0.6) is 17.2 Å². The maximum absolute atomic E-state index is 12.2. The van der Waals surface area contributed by atoms with Crippen LogP contribution in [0.15, 0.2) is 84.9 Å². The predicted molar refractivity (Wildman–Crippen MR) is 136 cm³/mol. The van der Waals surface area contributed by atoms with Crippen molar-refractivity contribution in [2.24, 2.45) is 0 Å². The second kappa shape index (κ2) is 12.9. The molecule has 1 unspecified atom stereocenters.